The molecule has 1 aliphatic carbocycles. The molecule has 1 aromatic rings. The van der Waals surface area contributed by atoms with Crippen molar-refractivity contribution >= 4 is 30.7 Å². The molecule has 2 fully saturated rings. The van der Waals surface area contributed by atoms with E-state index < -0.39 is 5.54 Å². The van der Waals surface area contributed by atoms with E-state index in [0.717, 1.165) is 64.7 Å². The molecular formula is C18H33Cl2N5O2. The van der Waals surface area contributed by atoms with Crippen molar-refractivity contribution in [1.82, 2.24) is 25.7 Å². The van der Waals surface area contributed by atoms with Gasteiger partial charge in [0.05, 0.1) is 6.54 Å². The normalized spacial score (nSPS) is 19.4. The standard InChI is InChI=1S/C18H31N5O2.2ClH/c1-3-23(4-2)13-15-20-17(22-25-15)18(9-5-6-10-18)21-16(24)14-7-11-19-12-8-14;;/h14,19H,3-13H2,1-2H3,(H,21,24);2*1H. The van der Waals surface area contributed by atoms with Gasteiger partial charge >= 0.3 is 0 Å². The Hall–Kier alpha value is -0.890. The molecule has 1 saturated heterocycles. The first-order chi connectivity index (χ1) is 12.2. The van der Waals surface area contributed by atoms with Crippen LogP contribution in [0.5, 0.6) is 0 Å². The molecule has 0 radical (unpaired) electrons. The number of nitrogens with one attached hydrogen (secondary N) is 2. The highest BCUT2D eigenvalue weighted by Crippen LogP contribution is 2.37. The highest BCUT2D eigenvalue weighted by atomic mass is 35.5. The fourth-order valence-corrected chi connectivity index (χ4v) is 3.96. The third-order valence-corrected chi connectivity index (χ3v) is 5.68. The molecule has 3 rings (SSSR count). The summed E-state index contributed by atoms with van der Waals surface area (Å²) in [5.74, 6) is 1.55. The Labute approximate surface area is 174 Å². The number of aromatic nitrogens is 2. The lowest BCUT2D eigenvalue weighted by Crippen LogP contribution is -2.48. The van der Waals surface area contributed by atoms with Crippen LogP contribution in [-0.4, -0.2) is 47.1 Å². The van der Waals surface area contributed by atoms with Crippen LogP contribution in [0.1, 0.15) is 64.1 Å². The van der Waals surface area contributed by atoms with Crippen molar-refractivity contribution in [2.45, 2.75) is 64.5 Å². The Morgan fingerprint density at radius 1 is 1.22 bits per heavy atom. The van der Waals surface area contributed by atoms with Crippen molar-refractivity contribution in [3.8, 4) is 0 Å². The number of rotatable bonds is 7. The van der Waals surface area contributed by atoms with Crippen LogP contribution in [0, 0.1) is 5.92 Å². The molecular weight excluding hydrogens is 389 g/mol. The summed E-state index contributed by atoms with van der Waals surface area (Å²) in [5, 5.41) is 10.9. The lowest BCUT2D eigenvalue weighted by atomic mass is 9.92. The minimum Gasteiger partial charge on any atom is -0.343 e. The number of hydrogen-bond donors (Lipinski definition) is 2. The molecule has 2 aliphatic rings. The van der Waals surface area contributed by atoms with E-state index in [0.29, 0.717) is 18.3 Å². The van der Waals surface area contributed by atoms with Crippen LogP contribution in [-0.2, 0) is 16.9 Å². The molecule has 0 aromatic carbocycles. The highest BCUT2D eigenvalue weighted by Gasteiger charge is 2.42. The van der Waals surface area contributed by atoms with E-state index in [9.17, 15) is 4.79 Å². The molecule has 0 atom stereocenters. The van der Waals surface area contributed by atoms with Gasteiger partial charge in [0.25, 0.3) is 0 Å². The van der Waals surface area contributed by atoms with Crippen LogP contribution in [0.4, 0.5) is 0 Å². The van der Waals surface area contributed by atoms with Crippen LogP contribution < -0.4 is 10.6 Å². The van der Waals surface area contributed by atoms with Crippen LogP contribution >= 0.6 is 24.8 Å². The summed E-state index contributed by atoms with van der Waals surface area (Å²) >= 11 is 0. The van der Waals surface area contributed by atoms with E-state index in [1.54, 1.807) is 0 Å². The minimum atomic E-state index is -0.438. The van der Waals surface area contributed by atoms with Crippen molar-refractivity contribution < 1.29 is 9.32 Å². The molecule has 9 heteroatoms. The quantitative estimate of drug-likeness (QED) is 0.703. The summed E-state index contributed by atoms with van der Waals surface area (Å²) in [7, 11) is 0. The van der Waals surface area contributed by atoms with Crippen molar-refractivity contribution in [3.63, 3.8) is 0 Å². The summed E-state index contributed by atoms with van der Waals surface area (Å²) in [5.41, 5.74) is -0.438. The fourth-order valence-electron chi connectivity index (χ4n) is 3.96. The van der Waals surface area contributed by atoms with Gasteiger partial charge in [-0.3, -0.25) is 9.69 Å². The summed E-state index contributed by atoms with van der Waals surface area (Å²) in [6.07, 6.45) is 5.78. The fraction of sp³-hybridized carbons (Fsp3) is 0.833. The maximum Gasteiger partial charge on any atom is 0.240 e. The smallest absolute Gasteiger partial charge is 0.240 e. The average Bonchev–Trinajstić information content (AvgIpc) is 3.30. The number of nitrogens with zero attached hydrogens (tertiary/aromatic N) is 3. The number of carbonyl (C=O) groups excluding carboxylic acids is 1. The van der Waals surface area contributed by atoms with Gasteiger partial charge in [-0.15, -0.1) is 24.8 Å². The second-order valence-electron chi connectivity index (χ2n) is 7.28. The lowest BCUT2D eigenvalue weighted by Gasteiger charge is -2.30. The molecule has 0 bridgehead atoms. The lowest BCUT2D eigenvalue weighted by molar-refractivity contribution is -0.128. The third-order valence-electron chi connectivity index (χ3n) is 5.68. The molecule has 7 nitrogen and oxygen atoms in total. The van der Waals surface area contributed by atoms with Gasteiger partial charge in [-0.2, -0.15) is 4.98 Å². The first-order valence-electron chi connectivity index (χ1n) is 9.75. The molecule has 2 heterocycles. The SMILES string of the molecule is CCN(CC)Cc1nc(C2(NC(=O)C3CCNCC3)CCCC2)no1.Cl.Cl. The Morgan fingerprint density at radius 3 is 2.44 bits per heavy atom. The molecule has 0 unspecified atom stereocenters. The van der Waals surface area contributed by atoms with E-state index in [1.165, 1.54) is 0 Å². The first-order valence-corrected chi connectivity index (χ1v) is 9.75. The van der Waals surface area contributed by atoms with Crippen molar-refractivity contribution in [2.24, 2.45) is 5.92 Å². The first kappa shape index (κ1) is 24.1. The zero-order chi connectivity index (χ0) is 17.7. The second kappa shape index (κ2) is 11.2. The number of hydrogen-bond acceptors (Lipinski definition) is 6. The van der Waals surface area contributed by atoms with E-state index in [-0.39, 0.29) is 36.6 Å². The number of halogens is 2. The van der Waals surface area contributed by atoms with Gasteiger partial charge in [-0.05, 0) is 51.9 Å². The maximum absolute atomic E-state index is 12.8. The van der Waals surface area contributed by atoms with Crippen molar-refractivity contribution in [2.75, 3.05) is 26.2 Å². The zero-order valence-electron chi connectivity index (χ0n) is 16.3. The topological polar surface area (TPSA) is 83.3 Å². The largest absolute Gasteiger partial charge is 0.343 e. The van der Waals surface area contributed by atoms with Crippen molar-refractivity contribution in [1.29, 1.82) is 0 Å². The van der Waals surface area contributed by atoms with Crippen LogP contribution in [0.2, 0.25) is 0 Å². The van der Waals surface area contributed by atoms with E-state index >= 15 is 0 Å². The molecule has 2 N–H and O–H groups in total. The number of amides is 1. The number of carbonyl (C=O) groups is 1. The van der Waals surface area contributed by atoms with Gasteiger partial charge in [-0.25, -0.2) is 0 Å². The van der Waals surface area contributed by atoms with E-state index in [1.807, 2.05) is 0 Å². The van der Waals surface area contributed by atoms with Gasteiger partial charge in [-0.1, -0.05) is 31.8 Å². The van der Waals surface area contributed by atoms with E-state index in [2.05, 4.69) is 39.5 Å². The summed E-state index contributed by atoms with van der Waals surface area (Å²) in [6.45, 7) is 8.65. The van der Waals surface area contributed by atoms with Gasteiger partial charge in [0.2, 0.25) is 11.8 Å². The Balaban J connectivity index is 0.00000182. The summed E-state index contributed by atoms with van der Waals surface area (Å²) in [6, 6.07) is 0. The Morgan fingerprint density at radius 2 is 1.85 bits per heavy atom. The van der Waals surface area contributed by atoms with Crippen molar-refractivity contribution in [3.05, 3.63) is 11.7 Å². The molecule has 27 heavy (non-hydrogen) atoms. The number of piperidine rings is 1. The molecule has 1 aliphatic heterocycles. The second-order valence-corrected chi connectivity index (χ2v) is 7.28. The maximum atomic E-state index is 12.8. The highest BCUT2D eigenvalue weighted by molar-refractivity contribution is 5.85. The van der Waals surface area contributed by atoms with Crippen LogP contribution in [0.25, 0.3) is 0 Å². The Kier molecular flexibility index (Phi) is 10.0. The molecule has 1 amide bonds. The predicted octanol–water partition coefficient (Wildman–Crippen LogP) is 2.64. The van der Waals surface area contributed by atoms with Gasteiger partial charge < -0.3 is 15.2 Å². The molecule has 1 saturated carbocycles. The van der Waals surface area contributed by atoms with Crippen LogP contribution in [0.15, 0.2) is 4.52 Å². The molecule has 1 aromatic heterocycles. The minimum absolute atomic E-state index is 0. The van der Waals surface area contributed by atoms with Gasteiger partial charge in [0, 0.05) is 5.92 Å². The average molecular weight is 422 g/mol. The molecule has 0 spiro atoms. The van der Waals surface area contributed by atoms with Gasteiger partial charge in [0.15, 0.2) is 5.82 Å². The van der Waals surface area contributed by atoms with Gasteiger partial charge in [0.1, 0.15) is 5.54 Å². The van der Waals surface area contributed by atoms with E-state index in [4.69, 9.17) is 4.52 Å². The Bertz CT molecular complexity index is 568. The predicted molar refractivity (Wildman–Crippen MR) is 109 cm³/mol. The summed E-state index contributed by atoms with van der Waals surface area (Å²) in [4.78, 5) is 19.7. The van der Waals surface area contributed by atoms with Crippen LogP contribution in [0.3, 0.4) is 0 Å². The molecule has 156 valence electrons. The third kappa shape index (κ3) is 5.79. The monoisotopic (exact) mass is 421 g/mol. The zero-order valence-corrected chi connectivity index (χ0v) is 18.0. The summed E-state index contributed by atoms with van der Waals surface area (Å²) < 4.78 is 5.50.